The third kappa shape index (κ3) is 4.77. The molecule has 0 bridgehead atoms. The molecule has 0 aromatic carbocycles. The number of hydrogen-bond donors (Lipinski definition) is 1. The van der Waals surface area contributed by atoms with Crippen molar-refractivity contribution >= 4 is 16.5 Å². The molecule has 0 amide bonds. The van der Waals surface area contributed by atoms with Crippen LogP contribution >= 0.6 is 11.3 Å². The van der Waals surface area contributed by atoms with Gasteiger partial charge in [0.1, 0.15) is 0 Å². The summed E-state index contributed by atoms with van der Waals surface area (Å²) in [4.78, 5) is 8.47. The lowest BCUT2D eigenvalue weighted by Gasteiger charge is -2.19. The van der Waals surface area contributed by atoms with Crippen LogP contribution in [0.3, 0.4) is 0 Å². The van der Waals surface area contributed by atoms with Gasteiger partial charge >= 0.3 is 0 Å². The zero-order valence-corrected chi connectivity index (χ0v) is 14.3. The number of aromatic nitrogens is 1. The SMILES string of the molecule is CC(C)CNCc1sc(N(C)C(C)C)nc1C(C)C. The Hall–Kier alpha value is -0.610. The molecule has 0 saturated heterocycles. The smallest absolute Gasteiger partial charge is 0.185 e. The van der Waals surface area contributed by atoms with Crippen molar-refractivity contribution in [2.45, 2.75) is 60.0 Å². The fourth-order valence-electron chi connectivity index (χ4n) is 1.77. The molecule has 110 valence electrons. The summed E-state index contributed by atoms with van der Waals surface area (Å²) in [7, 11) is 2.12. The summed E-state index contributed by atoms with van der Waals surface area (Å²) in [6.45, 7) is 15.3. The van der Waals surface area contributed by atoms with Gasteiger partial charge in [0.25, 0.3) is 0 Å². The second kappa shape index (κ2) is 7.25. The fraction of sp³-hybridized carbons (Fsp3) is 0.800. The van der Waals surface area contributed by atoms with Crippen LogP contribution in [-0.2, 0) is 6.54 Å². The average molecular weight is 283 g/mol. The molecule has 4 heteroatoms. The quantitative estimate of drug-likeness (QED) is 0.823. The molecular weight excluding hydrogens is 254 g/mol. The van der Waals surface area contributed by atoms with Gasteiger partial charge in [-0.2, -0.15) is 0 Å². The van der Waals surface area contributed by atoms with Gasteiger partial charge in [-0.1, -0.05) is 27.7 Å². The molecule has 0 atom stereocenters. The van der Waals surface area contributed by atoms with E-state index in [4.69, 9.17) is 4.98 Å². The molecular formula is C15H29N3S. The van der Waals surface area contributed by atoms with Crippen LogP contribution in [-0.4, -0.2) is 24.6 Å². The molecule has 1 heterocycles. The highest BCUT2D eigenvalue weighted by atomic mass is 32.1. The third-order valence-corrected chi connectivity index (χ3v) is 4.34. The summed E-state index contributed by atoms with van der Waals surface area (Å²) >= 11 is 1.83. The molecule has 1 N–H and O–H groups in total. The van der Waals surface area contributed by atoms with Crippen molar-refractivity contribution in [1.29, 1.82) is 0 Å². The Labute approximate surface area is 122 Å². The summed E-state index contributed by atoms with van der Waals surface area (Å²) < 4.78 is 0. The van der Waals surface area contributed by atoms with E-state index in [0.717, 1.165) is 18.2 Å². The van der Waals surface area contributed by atoms with Gasteiger partial charge in [-0.25, -0.2) is 4.98 Å². The van der Waals surface area contributed by atoms with Crippen molar-refractivity contribution in [2.24, 2.45) is 5.92 Å². The largest absolute Gasteiger partial charge is 0.349 e. The fourth-order valence-corrected chi connectivity index (χ4v) is 3.05. The van der Waals surface area contributed by atoms with Crippen LogP contribution < -0.4 is 10.2 Å². The highest BCUT2D eigenvalue weighted by Crippen LogP contribution is 2.31. The molecule has 19 heavy (non-hydrogen) atoms. The van der Waals surface area contributed by atoms with Crippen LogP contribution in [0.25, 0.3) is 0 Å². The molecule has 0 unspecified atom stereocenters. The average Bonchev–Trinajstić information content (AvgIpc) is 2.71. The predicted molar refractivity (Wildman–Crippen MR) is 86.3 cm³/mol. The second-order valence-electron chi connectivity index (χ2n) is 6.19. The first kappa shape index (κ1) is 16.4. The lowest BCUT2D eigenvalue weighted by Crippen LogP contribution is -2.25. The Kier molecular flexibility index (Phi) is 6.27. The van der Waals surface area contributed by atoms with Gasteiger partial charge in [-0.15, -0.1) is 11.3 Å². The van der Waals surface area contributed by atoms with Crippen molar-refractivity contribution in [3.8, 4) is 0 Å². The highest BCUT2D eigenvalue weighted by Gasteiger charge is 2.17. The highest BCUT2D eigenvalue weighted by molar-refractivity contribution is 7.15. The van der Waals surface area contributed by atoms with Crippen molar-refractivity contribution in [3.63, 3.8) is 0 Å². The first-order chi connectivity index (χ1) is 8.82. The maximum Gasteiger partial charge on any atom is 0.185 e. The van der Waals surface area contributed by atoms with E-state index >= 15 is 0 Å². The van der Waals surface area contributed by atoms with Crippen LogP contribution in [0, 0.1) is 5.92 Å². The normalized spacial score (nSPS) is 11.9. The Balaban J connectivity index is 2.83. The van der Waals surface area contributed by atoms with Crippen LogP contribution in [0.5, 0.6) is 0 Å². The summed E-state index contributed by atoms with van der Waals surface area (Å²) in [5, 5.41) is 4.67. The molecule has 0 saturated carbocycles. The molecule has 0 aliphatic heterocycles. The first-order valence-electron chi connectivity index (χ1n) is 7.26. The third-order valence-electron chi connectivity index (χ3n) is 3.18. The van der Waals surface area contributed by atoms with E-state index in [2.05, 4.69) is 58.8 Å². The van der Waals surface area contributed by atoms with Crippen molar-refractivity contribution < 1.29 is 0 Å². The second-order valence-corrected chi connectivity index (χ2v) is 7.25. The lowest BCUT2D eigenvalue weighted by atomic mass is 10.1. The van der Waals surface area contributed by atoms with E-state index in [1.54, 1.807) is 0 Å². The monoisotopic (exact) mass is 283 g/mol. The number of anilines is 1. The summed E-state index contributed by atoms with van der Waals surface area (Å²) in [6.07, 6.45) is 0. The van der Waals surface area contributed by atoms with Crippen molar-refractivity contribution in [1.82, 2.24) is 10.3 Å². The molecule has 1 aromatic heterocycles. The van der Waals surface area contributed by atoms with Gasteiger partial charge in [0, 0.05) is 24.5 Å². The minimum Gasteiger partial charge on any atom is -0.349 e. The van der Waals surface area contributed by atoms with E-state index < -0.39 is 0 Å². The Morgan fingerprint density at radius 2 is 1.79 bits per heavy atom. The Bertz CT molecular complexity index is 383. The summed E-state index contributed by atoms with van der Waals surface area (Å²) in [6, 6.07) is 0.489. The topological polar surface area (TPSA) is 28.2 Å². The molecule has 3 nitrogen and oxygen atoms in total. The number of nitrogens with zero attached hydrogens (tertiary/aromatic N) is 2. The molecule has 0 spiro atoms. The molecule has 0 radical (unpaired) electrons. The van der Waals surface area contributed by atoms with E-state index in [1.165, 1.54) is 10.6 Å². The van der Waals surface area contributed by atoms with Crippen LogP contribution in [0.1, 0.15) is 58.0 Å². The number of thiazole rings is 1. The van der Waals surface area contributed by atoms with E-state index in [9.17, 15) is 0 Å². The van der Waals surface area contributed by atoms with E-state index in [0.29, 0.717) is 17.9 Å². The van der Waals surface area contributed by atoms with Gasteiger partial charge < -0.3 is 10.2 Å². The minimum atomic E-state index is 0.487. The van der Waals surface area contributed by atoms with Crippen molar-refractivity contribution in [2.75, 3.05) is 18.5 Å². The zero-order valence-electron chi connectivity index (χ0n) is 13.4. The summed E-state index contributed by atoms with van der Waals surface area (Å²) in [5.41, 5.74) is 1.25. The van der Waals surface area contributed by atoms with E-state index in [-0.39, 0.29) is 0 Å². The number of rotatable bonds is 7. The molecule has 1 aromatic rings. The standard InChI is InChI=1S/C15H29N3S/c1-10(2)8-16-9-13-14(11(3)4)17-15(19-13)18(7)12(5)6/h10-12,16H,8-9H2,1-7H3. The maximum absolute atomic E-state index is 4.83. The van der Waals surface area contributed by atoms with Crippen LogP contribution in [0.2, 0.25) is 0 Å². The van der Waals surface area contributed by atoms with Crippen LogP contribution in [0.4, 0.5) is 5.13 Å². The van der Waals surface area contributed by atoms with E-state index in [1.807, 2.05) is 11.3 Å². The Morgan fingerprint density at radius 1 is 1.16 bits per heavy atom. The van der Waals surface area contributed by atoms with Gasteiger partial charge in [0.15, 0.2) is 5.13 Å². The van der Waals surface area contributed by atoms with Gasteiger partial charge in [0.05, 0.1) is 5.69 Å². The molecule has 0 fully saturated rings. The minimum absolute atomic E-state index is 0.487. The predicted octanol–water partition coefficient (Wildman–Crippen LogP) is 3.86. The molecule has 1 rings (SSSR count). The van der Waals surface area contributed by atoms with Gasteiger partial charge in [-0.3, -0.25) is 0 Å². The maximum atomic E-state index is 4.83. The molecule has 0 aliphatic rings. The number of hydrogen-bond acceptors (Lipinski definition) is 4. The Morgan fingerprint density at radius 3 is 2.26 bits per heavy atom. The first-order valence-corrected chi connectivity index (χ1v) is 8.07. The van der Waals surface area contributed by atoms with Gasteiger partial charge in [0.2, 0.25) is 0 Å². The molecule has 0 aliphatic carbocycles. The summed E-state index contributed by atoms with van der Waals surface area (Å²) in [5.74, 6) is 1.18. The zero-order chi connectivity index (χ0) is 14.6. The van der Waals surface area contributed by atoms with Gasteiger partial charge in [-0.05, 0) is 32.2 Å². The van der Waals surface area contributed by atoms with Crippen LogP contribution in [0.15, 0.2) is 0 Å². The number of nitrogens with one attached hydrogen (secondary N) is 1. The van der Waals surface area contributed by atoms with Crippen molar-refractivity contribution in [3.05, 3.63) is 10.6 Å². The lowest BCUT2D eigenvalue weighted by molar-refractivity contribution is 0.552.